The number of carbonyl (C=O) groups is 1. The molecule has 0 amide bonds. The minimum Gasteiger partial charge on any atom is -0.465 e. The van der Waals surface area contributed by atoms with Gasteiger partial charge in [-0.3, -0.25) is 4.79 Å². The molecule has 0 aromatic rings. The van der Waals surface area contributed by atoms with Crippen LogP contribution in [0.5, 0.6) is 0 Å². The predicted molar refractivity (Wildman–Crippen MR) is 71.5 cm³/mol. The van der Waals surface area contributed by atoms with Crippen LogP contribution in [0.1, 0.15) is 33.6 Å². The summed E-state index contributed by atoms with van der Waals surface area (Å²) in [6, 6.07) is 0. The Kier molecular flexibility index (Phi) is 6.84. The van der Waals surface area contributed by atoms with Crippen molar-refractivity contribution in [2.45, 2.75) is 39.1 Å². The number of rotatable bonds is 8. The highest BCUT2D eigenvalue weighted by Gasteiger charge is 2.48. The number of hydrogen-bond donors (Lipinski definition) is 1. The molecular formula is C10H18F3NO6S2. The van der Waals surface area contributed by atoms with Gasteiger partial charge in [0.2, 0.25) is 10.0 Å². The van der Waals surface area contributed by atoms with Gasteiger partial charge in [-0.15, -0.1) is 4.13 Å². The predicted octanol–water partition coefficient (Wildman–Crippen LogP) is 1.12. The van der Waals surface area contributed by atoms with Crippen molar-refractivity contribution in [1.29, 1.82) is 0 Å². The maximum atomic E-state index is 12.0. The fourth-order valence-corrected chi connectivity index (χ4v) is 3.56. The average Bonchev–Trinajstić information content (AvgIpc) is 2.31. The van der Waals surface area contributed by atoms with Crippen LogP contribution < -0.4 is 4.13 Å². The fourth-order valence-electron chi connectivity index (χ4n) is 1.01. The lowest BCUT2D eigenvalue weighted by Gasteiger charge is -2.20. The van der Waals surface area contributed by atoms with Gasteiger partial charge < -0.3 is 4.74 Å². The molecule has 0 heterocycles. The molecule has 0 atom stereocenters. The standard InChI is InChI=1S/C10H18F3NO6S2/c1-4-9(2,3)8(15)20-6-5-7-21(16,17)14-22(18,19)10(11,12)13/h14H,4-7H2,1-3H3. The molecule has 12 heteroatoms. The second-order valence-corrected chi connectivity index (χ2v) is 8.85. The summed E-state index contributed by atoms with van der Waals surface area (Å²) in [4.78, 5) is 11.5. The first-order valence-electron chi connectivity index (χ1n) is 6.14. The van der Waals surface area contributed by atoms with Gasteiger partial charge in [0.25, 0.3) is 0 Å². The van der Waals surface area contributed by atoms with E-state index in [1.165, 1.54) is 0 Å². The highest BCUT2D eigenvalue weighted by molar-refractivity contribution is 8.05. The molecular weight excluding hydrogens is 351 g/mol. The van der Waals surface area contributed by atoms with E-state index in [-0.39, 0.29) is 13.0 Å². The third-order valence-electron chi connectivity index (χ3n) is 2.77. The lowest BCUT2D eigenvalue weighted by Crippen LogP contribution is -2.41. The van der Waals surface area contributed by atoms with E-state index < -0.39 is 42.7 Å². The molecule has 0 aliphatic carbocycles. The first kappa shape index (κ1) is 21.1. The van der Waals surface area contributed by atoms with Gasteiger partial charge in [0.15, 0.2) is 0 Å². The fraction of sp³-hybridized carbons (Fsp3) is 0.900. The van der Waals surface area contributed by atoms with Crippen LogP contribution in [-0.4, -0.2) is 40.7 Å². The molecule has 0 saturated heterocycles. The molecule has 0 saturated carbocycles. The number of hydrogen-bond acceptors (Lipinski definition) is 6. The van der Waals surface area contributed by atoms with Gasteiger partial charge in [-0.2, -0.15) is 13.2 Å². The van der Waals surface area contributed by atoms with Crippen LogP contribution in [-0.2, 0) is 29.6 Å². The van der Waals surface area contributed by atoms with Crippen LogP contribution in [0, 0.1) is 5.41 Å². The number of sulfonamides is 2. The Morgan fingerprint density at radius 2 is 1.64 bits per heavy atom. The summed E-state index contributed by atoms with van der Waals surface area (Å²) in [5.74, 6) is -1.51. The van der Waals surface area contributed by atoms with Gasteiger partial charge in [-0.05, 0) is 26.7 Å². The van der Waals surface area contributed by atoms with Gasteiger partial charge in [0.05, 0.1) is 17.8 Å². The first-order valence-corrected chi connectivity index (χ1v) is 9.28. The quantitative estimate of drug-likeness (QED) is 0.508. The Morgan fingerprint density at radius 3 is 2.05 bits per heavy atom. The molecule has 22 heavy (non-hydrogen) atoms. The van der Waals surface area contributed by atoms with Gasteiger partial charge in [-0.25, -0.2) is 16.8 Å². The highest BCUT2D eigenvalue weighted by Crippen LogP contribution is 2.23. The Bertz CT molecular complexity index is 595. The summed E-state index contributed by atoms with van der Waals surface area (Å²) in [5.41, 5.74) is -6.49. The van der Waals surface area contributed by atoms with Crippen LogP contribution >= 0.6 is 0 Å². The van der Waals surface area contributed by atoms with E-state index in [4.69, 9.17) is 4.74 Å². The van der Waals surface area contributed by atoms with E-state index in [0.29, 0.717) is 10.5 Å². The van der Waals surface area contributed by atoms with Gasteiger partial charge in [0.1, 0.15) is 0 Å². The number of nitrogens with one attached hydrogen (secondary N) is 1. The lowest BCUT2D eigenvalue weighted by molar-refractivity contribution is -0.154. The summed E-state index contributed by atoms with van der Waals surface area (Å²) in [7, 11) is -10.7. The average molecular weight is 369 g/mol. The molecule has 0 aromatic heterocycles. The van der Waals surface area contributed by atoms with Crippen LogP contribution in [0.15, 0.2) is 0 Å². The van der Waals surface area contributed by atoms with Crippen LogP contribution in [0.4, 0.5) is 13.2 Å². The second kappa shape index (κ2) is 7.13. The Morgan fingerprint density at radius 1 is 1.14 bits per heavy atom. The van der Waals surface area contributed by atoms with Gasteiger partial charge in [-0.1, -0.05) is 6.92 Å². The smallest absolute Gasteiger partial charge is 0.465 e. The summed E-state index contributed by atoms with van der Waals surface area (Å²) >= 11 is 0. The third-order valence-corrected chi connectivity index (χ3v) is 6.10. The summed E-state index contributed by atoms with van der Waals surface area (Å²) < 4.78 is 85.4. The number of ether oxygens (including phenoxy) is 1. The molecule has 0 aromatic carbocycles. The monoisotopic (exact) mass is 369 g/mol. The zero-order valence-corrected chi connectivity index (χ0v) is 13.9. The number of halogens is 3. The van der Waals surface area contributed by atoms with Crippen molar-refractivity contribution in [2.75, 3.05) is 12.4 Å². The molecule has 0 unspecified atom stereocenters. The molecule has 1 N–H and O–H groups in total. The van der Waals surface area contributed by atoms with Crippen molar-refractivity contribution >= 4 is 26.0 Å². The largest absolute Gasteiger partial charge is 0.512 e. The minimum atomic E-state index is -5.98. The highest BCUT2D eigenvalue weighted by atomic mass is 32.3. The minimum absolute atomic E-state index is 0.339. The topological polar surface area (TPSA) is 107 Å². The third kappa shape index (κ3) is 6.48. The second-order valence-electron chi connectivity index (χ2n) is 5.08. The Hall–Kier alpha value is -0.880. The van der Waals surface area contributed by atoms with Crippen LogP contribution in [0.25, 0.3) is 0 Å². The van der Waals surface area contributed by atoms with Crippen molar-refractivity contribution in [3.63, 3.8) is 0 Å². The van der Waals surface area contributed by atoms with E-state index in [9.17, 15) is 34.8 Å². The molecule has 0 bridgehead atoms. The van der Waals surface area contributed by atoms with Gasteiger partial charge in [0, 0.05) is 0 Å². The molecule has 7 nitrogen and oxygen atoms in total. The number of carbonyl (C=O) groups excluding carboxylic acids is 1. The maximum Gasteiger partial charge on any atom is 0.512 e. The van der Waals surface area contributed by atoms with Crippen molar-refractivity contribution in [3.8, 4) is 0 Å². The number of alkyl halides is 3. The van der Waals surface area contributed by atoms with E-state index >= 15 is 0 Å². The molecule has 132 valence electrons. The zero-order chi connectivity index (χ0) is 17.8. The molecule has 0 rings (SSSR count). The van der Waals surface area contributed by atoms with Crippen LogP contribution in [0.2, 0.25) is 0 Å². The Balaban J connectivity index is 4.47. The van der Waals surface area contributed by atoms with Crippen LogP contribution in [0.3, 0.4) is 0 Å². The summed E-state index contributed by atoms with van der Waals surface area (Å²) in [6.45, 7) is 4.62. The van der Waals surface area contributed by atoms with Crippen molar-refractivity contribution in [2.24, 2.45) is 5.41 Å². The molecule has 0 aliphatic heterocycles. The van der Waals surface area contributed by atoms with Crippen molar-refractivity contribution in [3.05, 3.63) is 0 Å². The van der Waals surface area contributed by atoms with E-state index in [0.717, 1.165) is 0 Å². The normalized spacial score (nSPS) is 13.9. The summed E-state index contributed by atoms with van der Waals surface area (Å²) in [6.07, 6.45) is 0.143. The summed E-state index contributed by atoms with van der Waals surface area (Å²) in [5, 5.41) is 0. The Labute approximate surface area is 127 Å². The van der Waals surface area contributed by atoms with E-state index in [2.05, 4.69) is 0 Å². The molecule has 0 aliphatic rings. The van der Waals surface area contributed by atoms with E-state index in [1.54, 1.807) is 20.8 Å². The van der Waals surface area contributed by atoms with E-state index in [1.807, 2.05) is 0 Å². The molecule has 0 spiro atoms. The number of esters is 1. The lowest BCUT2D eigenvalue weighted by atomic mass is 9.91. The van der Waals surface area contributed by atoms with Crippen molar-refractivity contribution in [1.82, 2.24) is 4.13 Å². The molecule has 0 radical (unpaired) electrons. The maximum absolute atomic E-state index is 12.0. The van der Waals surface area contributed by atoms with Crippen molar-refractivity contribution < 1.29 is 39.5 Å². The first-order chi connectivity index (χ1) is 9.65. The SMILES string of the molecule is CCC(C)(C)C(=O)OCCCS(=O)(=O)NS(=O)(=O)C(F)(F)F. The zero-order valence-electron chi connectivity index (χ0n) is 12.2. The van der Waals surface area contributed by atoms with Gasteiger partial charge >= 0.3 is 21.5 Å². The molecule has 0 fully saturated rings.